The van der Waals surface area contributed by atoms with Crippen molar-refractivity contribution in [1.82, 2.24) is 10.2 Å². The lowest BCUT2D eigenvalue weighted by molar-refractivity contribution is -0.140. The number of halogens is 2. The van der Waals surface area contributed by atoms with Crippen molar-refractivity contribution in [3.8, 4) is 0 Å². The Morgan fingerprint density at radius 1 is 0.822 bits per heavy atom. The maximum atomic E-state index is 14.5. The lowest BCUT2D eigenvalue weighted by Gasteiger charge is -2.34. The van der Waals surface area contributed by atoms with E-state index >= 15 is 0 Å². The van der Waals surface area contributed by atoms with Crippen molar-refractivity contribution >= 4 is 50.7 Å². The summed E-state index contributed by atoms with van der Waals surface area (Å²) in [5.41, 5.74) is 2.71. The van der Waals surface area contributed by atoms with Crippen LogP contribution in [0.15, 0.2) is 108 Å². The van der Waals surface area contributed by atoms with Crippen LogP contribution in [0.5, 0.6) is 0 Å². The molecule has 0 saturated carbocycles. The van der Waals surface area contributed by atoms with Crippen molar-refractivity contribution in [3.05, 3.63) is 130 Å². The van der Waals surface area contributed by atoms with Gasteiger partial charge in [0.1, 0.15) is 12.6 Å². The summed E-state index contributed by atoms with van der Waals surface area (Å²) in [6, 6.07) is 28.1. The van der Waals surface area contributed by atoms with Gasteiger partial charge in [-0.25, -0.2) is 8.42 Å². The van der Waals surface area contributed by atoms with Gasteiger partial charge in [0.2, 0.25) is 11.8 Å². The minimum Gasteiger partial charge on any atom is -0.352 e. The number of rotatable bonds is 13. The standard InChI is InChI=1S/C35H37Cl2N3O4S/c1-4-26(3)38-35(42)33(21-27-9-6-5-7-10-27)39(23-28-15-17-29(36)18-16-28)34(41)24-40(31-12-8-11-30(37)22-31)45(43,44)32-19-13-25(2)14-20-32/h5-20,22,26,33H,4,21,23-24H2,1-3H3,(H,38,42)/t26-,33+/m0/s1. The summed E-state index contributed by atoms with van der Waals surface area (Å²) in [5.74, 6) is -0.882. The number of benzene rings is 4. The molecule has 2 amide bonds. The van der Waals surface area contributed by atoms with E-state index in [4.69, 9.17) is 23.2 Å². The number of hydrogen-bond donors (Lipinski definition) is 1. The third-order valence-electron chi connectivity index (χ3n) is 7.52. The number of carbonyl (C=O) groups excluding carboxylic acids is 2. The van der Waals surface area contributed by atoms with Crippen LogP contribution in [0.1, 0.15) is 37.0 Å². The smallest absolute Gasteiger partial charge is 0.264 e. The number of anilines is 1. The van der Waals surface area contributed by atoms with Gasteiger partial charge < -0.3 is 10.2 Å². The fourth-order valence-electron chi connectivity index (χ4n) is 4.78. The van der Waals surface area contributed by atoms with Gasteiger partial charge in [-0.2, -0.15) is 0 Å². The van der Waals surface area contributed by atoms with E-state index in [0.29, 0.717) is 16.5 Å². The molecule has 0 spiro atoms. The van der Waals surface area contributed by atoms with E-state index < -0.39 is 28.5 Å². The molecule has 236 valence electrons. The number of carbonyl (C=O) groups is 2. The predicted molar refractivity (Wildman–Crippen MR) is 181 cm³/mol. The van der Waals surface area contributed by atoms with Gasteiger partial charge in [0.05, 0.1) is 10.6 Å². The summed E-state index contributed by atoms with van der Waals surface area (Å²) >= 11 is 12.4. The normalized spacial score (nSPS) is 12.6. The molecule has 0 radical (unpaired) electrons. The molecule has 4 aromatic rings. The van der Waals surface area contributed by atoms with Crippen molar-refractivity contribution in [2.24, 2.45) is 0 Å². The highest BCUT2D eigenvalue weighted by Crippen LogP contribution is 2.27. The van der Waals surface area contributed by atoms with Crippen LogP contribution in [0.25, 0.3) is 0 Å². The number of aryl methyl sites for hydroxylation is 1. The van der Waals surface area contributed by atoms with Crippen LogP contribution < -0.4 is 9.62 Å². The van der Waals surface area contributed by atoms with Crippen LogP contribution in [-0.2, 0) is 32.6 Å². The summed E-state index contributed by atoms with van der Waals surface area (Å²) in [6.07, 6.45) is 0.927. The molecular formula is C35H37Cl2N3O4S. The Hall–Kier alpha value is -3.85. The number of amides is 2. The molecule has 0 unspecified atom stereocenters. The van der Waals surface area contributed by atoms with Gasteiger partial charge in [0.25, 0.3) is 10.0 Å². The zero-order chi connectivity index (χ0) is 32.6. The van der Waals surface area contributed by atoms with Crippen LogP contribution in [0, 0.1) is 6.92 Å². The van der Waals surface area contributed by atoms with E-state index in [2.05, 4.69) is 5.32 Å². The molecule has 0 aromatic heterocycles. The molecule has 0 aliphatic rings. The quantitative estimate of drug-likeness (QED) is 0.166. The molecule has 4 rings (SSSR count). The number of nitrogens with zero attached hydrogens (tertiary/aromatic N) is 2. The number of hydrogen-bond acceptors (Lipinski definition) is 4. The van der Waals surface area contributed by atoms with Crippen molar-refractivity contribution in [1.29, 1.82) is 0 Å². The van der Waals surface area contributed by atoms with E-state index in [1.807, 2.05) is 51.1 Å². The Kier molecular flexibility index (Phi) is 11.7. The monoisotopic (exact) mass is 665 g/mol. The highest BCUT2D eigenvalue weighted by Gasteiger charge is 2.35. The molecule has 0 fully saturated rings. The Balaban J connectivity index is 1.80. The first-order valence-electron chi connectivity index (χ1n) is 14.7. The van der Waals surface area contributed by atoms with E-state index in [1.54, 1.807) is 54.6 Å². The third kappa shape index (κ3) is 9.10. The zero-order valence-electron chi connectivity index (χ0n) is 25.5. The van der Waals surface area contributed by atoms with Crippen LogP contribution in [0.4, 0.5) is 5.69 Å². The van der Waals surface area contributed by atoms with Crippen LogP contribution in [-0.4, -0.2) is 43.8 Å². The van der Waals surface area contributed by atoms with Gasteiger partial charge in [-0.1, -0.05) is 96.4 Å². The van der Waals surface area contributed by atoms with Crippen molar-refractivity contribution < 1.29 is 18.0 Å². The van der Waals surface area contributed by atoms with Crippen molar-refractivity contribution in [3.63, 3.8) is 0 Å². The van der Waals surface area contributed by atoms with Gasteiger partial charge in [-0.3, -0.25) is 13.9 Å². The molecular weight excluding hydrogens is 629 g/mol. The predicted octanol–water partition coefficient (Wildman–Crippen LogP) is 7.05. The first kappa shape index (κ1) is 34.0. The SMILES string of the molecule is CC[C@H](C)NC(=O)[C@@H](Cc1ccccc1)N(Cc1ccc(Cl)cc1)C(=O)CN(c1cccc(Cl)c1)S(=O)(=O)c1ccc(C)cc1. The average molecular weight is 667 g/mol. The number of sulfonamides is 1. The fourth-order valence-corrected chi connectivity index (χ4v) is 6.50. The Morgan fingerprint density at radius 2 is 1.49 bits per heavy atom. The van der Waals surface area contributed by atoms with E-state index in [1.165, 1.54) is 23.1 Å². The summed E-state index contributed by atoms with van der Waals surface area (Å²) < 4.78 is 29.3. The highest BCUT2D eigenvalue weighted by atomic mass is 35.5. The molecule has 0 saturated heterocycles. The molecule has 7 nitrogen and oxygen atoms in total. The molecule has 0 aliphatic carbocycles. The maximum absolute atomic E-state index is 14.5. The molecule has 0 heterocycles. The maximum Gasteiger partial charge on any atom is 0.264 e. The van der Waals surface area contributed by atoms with Crippen LogP contribution in [0.3, 0.4) is 0 Å². The Labute approximate surface area is 275 Å². The number of nitrogens with one attached hydrogen (secondary N) is 1. The molecule has 45 heavy (non-hydrogen) atoms. The van der Waals surface area contributed by atoms with Gasteiger partial charge in [0.15, 0.2) is 0 Å². The van der Waals surface area contributed by atoms with Gasteiger partial charge in [-0.05, 0) is 73.9 Å². The highest BCUT2D eigenvalue weighted by molar-refractivity contribution is 7.92. The lowest BCUT2D eigenvalue weighted by Crippen LogP contribution is -2.54. The lowest BCUT2D eigenvalue weighted by atomic mass is 10.0. The van der Waals surface area contributed by atoms with E-state index in [-0.39, 0.29) is 35.5 Å². The van der Waals surface area contributed by atoms with Gasteiger partial charge >= 0.3 is 0 Å². The van der Waals surface area contributed by atoms with E-state index in [0.717, 1.165) is 21.0 Å². The van der Waals surface area contributed by atoms with E-state index in [9.17, 15) is 18.0 Å². The minimum atomic E-state index is -4.21. The summed E-state index contributed by atoms with van der Waals surface area (Å²) in [5, 5.41) is 3.88. The fraction of sp³-hybridized carbons (Fsp3) is 0.257. The average Bonchev–Trinajstić information content (AvgIpc) is 3.02. The van der Waals surface area contributed by atoms with Gasteiger partial charge in [-0.15, -0.1) is 0 Å². The topological polar surface area (TPSA) is 86.8 Å². The second-order valence-electron chi connectivity index (χ2n) is 11.0. The Bertz CT molecular complexity index is 1700. The second kappa shape index (κ2) is 15.4. The minimum absolute atomic E-state index is 0.0282. The summed E-state index contributed by atoms with van der Waals surface area (Å²) in [7, 11) is -4.21. The third-order valence-corrected chi connectivity index (χ3v) is 9.80. The molecule has 0 aliphatic heterocycles. The van der Waals surface area contributed by atoms with Crippen molar-refractivity contribution in [2.75, 3.05) is 10.8 Å². The molecule has 4 aromatic carbocycles. The first-order valence-corrected chi connectivity index (χ1v) is 16.9. The summed E-state index contributed by atoms with van der Waals surface area (Å²) in [4.78, 5) is 29.9. The second-order valence-corrected chi connectivity index (χ2v) is 13.7. The molecule has 10 heteroatoms. The van der Waals surface area contributed by atoms with Crippen LogP contribution >= 0.6 is 23.2 Å². The Morgan fingerprint density at radius 3 is 2.11 bits per heavy atom. The molecule has 1 N–H and O–H groups in total. The first-order chi connectivity index (χ1) is 21.5. The zero-order valence-corrected chi connectivity index (χ0v) is 27.8. The summed E-state index contributed by atoms with van der Waals surface area (Å²) in [6.45, 7) is 5.21. The largest absolute Gasteiger partial charge is 0.352 e. The van der Waals surface area contributed by atoms with Crippen molar-refractivity contribution in [2.45, 2.75) is 57.1 Å². The van der Waals surface area contributed by atoms with Crippen LogP contribution in [0.2, 0.25) is 10.0 Å². The molecule has 0 bridgehead atoms. The van der Waals surface area contributed by atoms with Gasteiger partial charge in [0, 0.05) is 29.1 Å². The molecule has 2 atom stereocenters.